The molecule has 23 heavy (non-hydrogen) atoms. The van der Waals surface area contributed by atoms with Gasteiger partial charge in [-0.05, 0) is 46.5 Å². The van der Waals surface area contributed by atoms with Crippen molar-refractivity contribution in [1.82, 2.24) is 20.3 Å². The van der Waals surface area contributed by atoms with Crippen LogP contribution in [0.3, 0.4) is 0 Å². The molecule has 6 heteroatoms. The molecule has 0 spiro atoms. The highest BCUT2D eigenvalue weighted by atomic mass is 15.3. The van der Waals surface area contributed by atoms with Gasteiger partial charge in [0.1, 0.15) is 5.82 Å². The Morgan fingerprint density at radius 3 is 1.70 bits per heavy atom. The quantitative estimate of drug-likeness (QED) is 0.917. The molecule has 1 aliphatic rings. The molecule has 1 N–H and O–H groups in total. The fourth-order valence-corrected chi connectivity index (χ4v) is 3.82. The summed E-state index contributed by atoms with van der Waals surface area (Å²) >= 11 is 0. The summed E-state index contributed by atoms with van der Waals surface area (Å²) in [6.45, 7) is 9.13. The molecule has 0 aromatic carbocycles. The van der Waals surface area contributed by atoms with Crippen LogP contribution in [0.25, 0.3) is 0 Å². The zero-order valence-corrected chi connectivity index (χ0v) is 15.9. The minimum Gasteiger partial charge on any atom is -0.347 e. The Labute approximate surface area is 140 Å². The van der Waals surface area contributed by atoms with E-state index >= 15 is 0 Å². The van der Waals surface area contributed by atoms with E-state index in [4.69, 9.17) is 0 Å². The van der Waals surface area contributed by atoms with Crippen molar-refractivity contribution in [1.29, 1.82) is 0 Å². The Kier molecular flexibility index (Phi) is 4.85. The number of nitrogens with one attached hydrogen (secondary N) is 1. The Morgan fingerprint density at radius 2 is 1.30 bits per heavy atom. The van der Waals surface area contributed by atoms with Crippen LogP contribution in [0.1, 0.15) is 46.4 Å². The molecule has 1 aliphatic heterocycles. The molecule has 130 valence electrons. The van der Waals surface area contributed by atoms with E-state index in [1.807, 2.05) is 38.0 Å². The lowest BCUT2D eigenvalue weighted by atomic mass is 9.74. The Morgan fingerprint density at radius 1 is 0.870 bits per heavy atom. The molecule has 0 aliphatic carbocycles. The molecule has 2 rings (SSSR count). The number of hydrogen-bond donors (Lipinski definition) is 1. The lowest BCUT2D eigenvalue weighted by Gasteiger charge is -2.46. The summed E-state index contributed by atoms with van der Waals surface area (Å²) in [5, 5.41) is 3.74. The van der Waals surface area contributed by atoms with Crippen molar-refractivity contribution in [3.05, 3.63) is 5.82 Å². The van der Waals surface area contributed by atoms with E-state index in [2.05, 4.69) is 48.0 Å². The van der Waals surface area contributed by atoms with E-state index in [9.17, 15) is 0 Å². The summed E-state index contributed by atoms with van der Waals surface area (Å²) in [5.41, 5.74) is 0.294. The van der Waals surface area contributed by atoms with Gasteiger partial charge < -0.3 is 15.1 Å². The molecule has 1 aromatic rings. The van der Waals surface area contributed by atoms with Gasteiger partial charge in [0.25, 0.3) is 0 Å². The predicted molar refractivity (Wildman–Crippen MR) is 96.2 cm³/mol. The molecule has 0 atom stereocenters. The average molecular weight is 320 g/mol. The second kappa shape index (κ2) is 6.23. The van der Waals surface area contributed by atoms with Crippen LogP contribution in [-0.2, 0) is 6.42 Å². The molecule has 0 radical (unpaired) electrons. The third-order valence-electron chi connectivity index (χ3n) is 4.20. The van der Waals surface area contributed by atoms with Gasteiger partial charge in [0, 0.05) is 45.7 Å². The van der Waals surface area contributed by atoms with Crippen molar-refractivity contribution in [2.24, 2.45) is 5.92 Å². The summed E-state index contributed by atoms with van der Waals surface area (Å²) in [4.78, 5) is 17.7. The van der Waals surface area contributed by atoms with Crippen molar-refractivity contribution >= 4 is 11.9 Å². The Bertz CT molecular complexity index is 508. The lowest BCUT2D eigenvalue weighted by Crippen LogP contribution is -2.58. The van der Waals surface area contributed by atoms with E-state index in [0.29, 0.717) is 5.92 Å². The Hall–Kier alpha value is -1.43. The monoisotopic (exact) mass is 320 g/mol. The molecule has 1 fully saturated rings. The highest BCUT2D eigenvalue weighted by Crippen LogP contribution is 2.34. The summed E-state index contributed by atoms with van der Waals surface area (Å²) in [6.07, 6.45) is 3.17. The zero-order chi connectivity index (χ0) is 17.4. The maximum atomic E-state index is 4.66. The number of anilines is 2. The largest absolute Gasteiger partial charge is 0.347 e. The molecule has 6 nitrogen and oxygen atoms in total. The van der Waals surface area contributed by atoms with Gasteiger partial charge in [-0.25, -0.2) is 0 Å². The van der Waals surface area contributed by atoms with Gasteiger partial charge in [-0.15, -0.1) is 0 Å². The molecule has 0 unspecified atom stereocenters. The minimum absolute atomic E-state index is 0.147. The highest BCUT2D eigenvalue weighted by molar-refractivity contribution is 5.36. The summed E-state index contributed by atoms with van der Waals surface area (Å²) < 4.78 is 0. The fraction of sp³-hybridized carbons (Fsp3) is 0.824. The van der Waals surface area contributed by atoms with E-state index in [1.165, 1.54) is 0 Å². The second-order valence-corrected chi connectivity index (χ2v) is 8.51. The number of nitrogens with zero attached hydrogens (tertiary/aromatic N) is 5. The van der Waals surface area contributed by atoms with Gasteiger partial charge in [0.2, 0.25) is 11.9 Å². The normalized spacial score (nSPS) is 20.3. The molecule has 2 heterocycles. The standard InChI is InChI=1S/C17H32N6/c1-16(2)10-12(11-17(3,4)21-16)9-13-18-14(22(5)6)20-15(19-13)23(7)8/h12,21H,9-11H2,1-8H3. The summed E-state index contributed by atoms with van der Waals surface area (Å²) in [5.74, 6) is 2.93. The molecule has 0 amide bonds. The predicted octanol–water partition coefficient (Wildman–Crippen LogP) is 2.10. The van der Waals surface area contributed by atoms with Crippen LogP contribution in [0.2, 0.25) is 0 Å². The zero-order valence-electron chi connectivity index (χ0n) is 15.9. The van der Waals surface area contributed by atoms with Crippen LogP contribution in [0, 0.1) is 5.92 Å². The maximum absolute atomic E-state index is 4.66. The highest BCUT2D eigenvalue weighted by Gasteiger charge is 2.37. The number of piperidine rings is 1. The molecule has 0 saturated carbocycles. The first-order valence-corrected chi connectivity index (χ1v) is 8.36. The van der Waals surface area contributed by atoms with E-state index in [1.54, 1.807) is 0 Å². The number of hydrogen-bond acceptors (Lipinski definition) is 6. The van der Waals surface area contributed by atoms with Crippen molar-refractivity contribution in [3.63, 3.8) is 0 Å². The van der Waals surface area contributed by atoms with Crippen LogP contribution < -0.4 is 15.1 Å². The van der Waals surface area contributed by atoms with Gasteiger partial charge in [0.15, 0.2) is 0 Å². The first-order valence-electron chi connectivity index (χ1n) is 8.36. The second-order valence-electron chi connectivity index (χ2n) is 8.51. The van der Waals surface area contributed by atoms with Gasteiger partial charge >= 0.3 is 0 Å². The van der Waals surface area contributed by atoms with Crippen molar-refractivity contribution in [3.8, 4) is 0 Å². The molecular weight excluding hydrogens is 288 g/mol. The van der Waals surface area contributed by atoms with Crippen molar-refractivity contribution in [2.75, 3.05) is 38.0 Å². The first kappa shape index (κ1) is 17.9. The minimum atomic E-state index is 0.147. The van der Waals surface area contributed by atoms with Gasteiger partial charge in [-0.1, -0.05) is 0 Å². The van der Waals surface area contributed by atoms with Crippen LogP contribution in [0.15, 0.2) is 0 Å². The van der Waals surface area contributed by atoms with Crippen LogP contribution in [0.4, 0.5) is 11.9 Å². The average Bonchev–Trinajstić information content (AvgIpc) is 2.34. The molecular formula is C17H32N6. The Balaban J connectivity index is 2.25. The summed E-state index contributed by atoms with van der Waals surface area (Å²) in [6, 6.07) is 0. The van der Waals surface area contributed by atoms with Gasteiger partial charge in [0.05, 0.1) is 0 Å². The fourth-order valence-electron chi connectivity index (χ4n) is 3.82. The third-order valence-corrected chi connectivity index (χ3v) is 4.20. The smallest absolute Gasteiger partial charge is 0.229 e. The van der Waals surface area contributed by atoms with Crippen LogP contribution in [0.5, 0.6) is 0 Å². The number of aromatic nitrogens is 3. The van der Waals surface area contributed by atoms with Crippen LogP contribution in [-0.4, -0.2) is 54.2 Å². The first-order chi connectivity index (χ1) is 10.5. The summed E-state index contributed by atoms with van der Waals surface area (Å²) in [7, 11) is 7.87. The third kappa shape index (κ3) is 4.77. The molecule has 0 bridgehead atoms. The number of rotatable bonds is 4. The molecule has 1 aromatic heterocycles. The van der Waals surface area contributed by atoms with Crippen molar-refractivity contribution in [2.45, 2.75) is 58.0 Å². The van der Waals surface area contributed by atoms with E-state index < -0.39 is 0 Å². The maximum Gasteiger partial charge on any atom is 0.229 e. The van der Waals surface area contributed by atoms with Crippen LogP contribution >= 0.6 is 0 Å². The topological polar surface area (TPSA) is 57.2 Å². The van der Waals surface area contributed by atoms with Crippen molar-refractivity contribution < 1.29 is 0 Å². The SMILES string of the molecule is CN(C)c1nc(CC2CC(C)(C)NC(C)(C)C2)nc(N(C)C)n1. The van der Waals surface area contributed by atoms with E-state index in [0.717, 1.165) is 37.0 Å². The van der Waals surface area contributed by atoms with Gasteiger partial charge in [-0.3, -0.25) is 0 Å². The lowest BCUT2D eigenvalue weighted by molar-refractivity contribution is 0.127. The molecule has 1 saturated heterocycles. The van der Waals surface area contributed by atoms with Gasteiger partial charge in [-0.2, -0.15) is 15.0 Å². The van der Waals surface area contributed by atoms with E-state index in [-0.39, 0.29) is 11.1 Å².